The van der Waals surface area contributed by atoms with Gasteiger partial charge in [-0.2, -0.15) is 0 Å². The largest absolute Gasteiger partial charge is 0.484 e. The van der Waals surface area contributed by atoms with Gasteiger partial charge < -0.3 is 19.5 Å². The summed E-state index contributed by atoms with van der Waals surface area (Å²) in [5.41, 5.74) is 3.12. The van der Waals surface area contributed by atoms with Crippen LogP contribution in [-0.4, -0.2) is 62.1 Å². The highest BCUT2D eigenvalue weighted by atomic mass is 19.1. The van der Waals surface area contributed by atoms with Crippen molar-refractivity contribution in [1.82, 2.24) is 24.4 Å². The van der Waals surface area contributed by atoms with E-state index in [9.17, 15) is 9.59 Å². The first-order valence-corrected chi connectivity index (χ1v) is 15.4. The zero-order chi connectivity index (χ0) is 32.6. The second-order valence-corrected chi connectivity index (χ2v) is 12.5. The van der Waals surface area contributed by atoms with Gasteiger partial charge in [0.05, 0.1) is 51.6 Å². The number of nitrogens with one attached hydrogen (secondary N) is 1. The predicted octanol–water partition coefficient (Wildman–Crippen LogP) is 5.93. The number of ether oxygens (including phenoxy) is 1. The molecule has 11 heteroatoms. The molecule has 0 radical (unpaired) electrons. The normalized spacial score (nSPS) is 17.7. The van der Waals surface area contributed by atoms with E-state index in [1.807, 2.05) is 38.7 Å². The smallest absolute Gasteiger partial charge is 0.300 e. The Kier molecular flexibility index (Phi) is 6.95. The number of piperazine rings is 1. The van der Waals surface area contributed by atoms with Crippen molar-refractivity contribution in [2.45, 2.75) is 52.6 Å². The molecule has 2 aliphatic rings. The zero-order valence-corrected chi connectivity index (χ0v) is 26.3. The third-order valence-electron chi connectivity index (χ3n) is 9.26. The number of anilines is 1. The standard InChI is InChI=1S/C35H34F2N6O3/c1-7-25(44)41-14-21-15-46-34-33(42(21)13-20(41)6)22-12-23(36)27(26-18(4)8-9-24-30(26)40-16-39-24)28(37)32(22)43(35(34)45)31-19(5)10-11-38-29(31)17(2)3/h7-12,16-17,20-21H,1,13-15H2,2-6H3,(H,39,40). The van der Waals surface area contributed by atoms with Crippen molar-refractivity contribution < 1.29 is 18.3 Å². The fourth-order valence-corrected chi connectivity index (χ4v) is 7.06. The van der Waals surface area contributed by atoms with Gasteiger partial charge in [-0.25, -0.2) is 13.8 Å². The first kappa shape index (κ1) is 29.6. The summed E-state index contributed by atoms with van der Waals surface area (Å²) in [7, 11) is 0. The topological polar surface area (TPSA) is 96.3 Å². The van der Waals surface area contributed by atoms with Crippen molar-refractivity contribution >= 4 is 33.5 Å². The van der Waals surface area contributed by atoms with Crippen LogP contribution in [0.2, 0.25) is 0 Å². The number of imidazole rings is 1. The molecular weight excluding hydrogens is 590 g/mol. The summed E-state index contributed by atoms with van der Waals surface area (Å²) in [6.45, 7) is 13.8. The number of carbonyl (C=O) groups is 1. The lowest BCUT2D eigenvalue weighted by Crippen LogP contribution is -2.62. The van der Waals surface area contributed by atoms with Gasteiger partial charge in [0.1, 0.15) is 12.4 Å². The van der Waals surface area contributed by atoms with Gasteiger partial charge in [-0.15, -0.1) is 0 Å². The number of H-pyrrole nitrogens is 1. The molecular formula is C35H34F2N6O3. The van der Waals surface area contributed by atoms with E-state index in [2.05, 4.69) is 21.5 Å². The molecule has 5 aromatic rings. The third-order valence-corrected chi connectivity index (χ3v) is 9.26. The van der Waals surface area contributed by atoms with Crippen molar-refractivity contribution in [2.75, 3.05) is 24.6 Å². The van der Waals surface area contributed by atoms with Crippen molar-refractivity contribution in [3.05, 3.63) is 88.3 Å². The summed E-state index contributed by atoms with van der Waals surface area (Å²) in [5, 5.41) is 0.193. The molecule has 9 nitrogen and oxygen atoms in total. The van der Waals surface area contributed by atoms with Crippen LogP contribution in [0.15, 0.2) is 54.2 Å². The van der Waals surface area contributed by atoms with E-state index in [1.165, 1.54) is 23.0 Å². The quantitative estimate of drug-likeness (QED) is 0.249. The fraction of sp³-hybridized carbons (Fsp3) is 0.314. The molecule has 1 fully saturated rings. The molecule has 1 saturated heterocycles. The highest BCUT2D eigenvalue weighted by Gasteiger charge is 2.41. The minimum atomic E-state index is -0.887. The number of fused-ring (bicyclic) bond motifs is 6. The first-order chi connectivity index (χ1) is 22.0. The number of pyridine rings is 2. The van der Waals surface area contributed by atoms with Gasteiger partial charge in [0.15, 0.2) is 5.82 Å². The maximum Gasteiger partial charge on any atom is 0.300 e. The molecule has 2 atom stereocenters. The SMILES string of the molecule is C=CC(=O)N1CC2COc3c(c4cc(F)c(-c5c(C)ccc6[nH]cnc56)c(F)c4n(-c4c(C)ccnc4C(C)C)c3=O)N2CC1C. The molecule has 0 bridgehead atoms. The van der Waals surface area contributed by atoms with Crippen molar-refractivity contribution in [2.24, 2.45) is 0 Å². The summed E-state index contributed by atoms with van der Waals surface area (Å²) in [4.78, 5) is 43.0. The van der Waals surface area contributed by atoms with Crippen molar-refractivity contribution in [3.8, 4) is 22.6 Å². The maximum atomic E-state index is 17.5. The number of carbonyl (C=O) groups excluding carboxylic acids is 1. The molecule has 3 aromatic heterocycles. The molecule has 1 N–H and O–H groups in total. The Hall–Kier alpha value is -5.06. The number of aromatic nitrogens is 4. The molecule has 2 aromatic carbocycles. The molecule has 0 spiro atoms. The number of nitrogens with zero attached hydrogens (tertiary/aromatic N) is 5. The first-order valence-electron chi connectivity index (χ1n) is 15.4. The molecule has 46 heavy (non-hydrogen) atoms. The van der Waals surface area contributed by atoms with Gasteiger partial charge in [0.25, 0.3) is 5.56 Å². The molecule has 5 heterocycles. The Labute approximate surface area is 264 Å². The van der Waals surface area contributed by atoms with E-state index in [1.54, 1.807) is 30.2 Å². The summed E-state index contributed by atoms with van der Waals surface area (Å²) < 4.78 is 41.6. The van der Waals surface area contributed by atoms with E-state index in [4.69, 9.17) is 4.74 Å². The van der Waals surface area contributed by atoms with Crippen LogP contribution >= 0.6 is 0 Å². The molecule has 0 aliphatic carbocycles. The Balaban J connectivity index is 1.61. The van der Waals surface area contributed by atoms with Crippen LogP contribution in [0.4, 0.5) is 14.5 Å². The van der Waals surface area contributed by atoms with Crippen molar-refractivity contribution in [3.63, 3.8) is 0 Å². The van der Waals surface area contributed by atoms with Gasteiger partial charge >= 0.3 is 0 Å². The Bertz CT molecular complexity index is 2150. The second-order valence-electron chi connectivity index (χ2n) is 12.5. The predicted molar refractivity (Wildman–Crippen MR) is 174 cm³/mol. The Morgan fingerprint density at radius 3 is 2.63 bits per heavy atom. The number of amides is 1. The monoisotopic (exact) mass is 624 g/mol. The number of aromatic amines is 1. The molecule has 0 saturated carbocycles. The van der Waals surface area contributed by atoms with E-state index in [0.29, 0.717) is 57.9 Å². The molecule has 7 rings (SSSR count). The van der Waals surface area contributed by atoms with Crippen LogP contribution in [0.3, 0.4) is 0 Å². The van der Waals surface area contributed by atoms with Gasteiger partial charge in [-0.1, -0.05) is 26.5 Å². The fourth-order valence-electron chi connectivity index (χ4n) is 7.06. The van der Waals surface area contributed by atoms with Crippen LogP contribution in [0.5, 0.6) is 5.75 Å². The highest BCUT2D eigenvalue weighted by molar-refractivity contribution is 6.02. The van der Waals surface area contributed by atoms with Crippen LogP contribution < -0.4 is 15.2 Å². The van der Waals surface area contributed by atoms with E-state index in [0.717, 1.165) is 0 Å². The minimum Gasteiger partial charge on any atom is -0.484 e. The minimum absolute atomic E-state index is 0.00883. The third kappa shape index (κ3) is 4.24. The van der Waals surface area contributed by atoms with Gasteiger partial charge in [-0.3, -0.25) is 19.1 Å². The zero-order valence-electron chi connectivity index (χ0n) is 26.3. The molecule has 1 amide bonds. The number of hydrogen-bond acceptors (Lipinski definition) is 6. The van der Waals surface area contributed by atoms with Gasteiger partial charge in [-0.05, 0) is 62.1 Å². The van der Waals surface area contributed by atoms with Crippen LogP contribution in [0.1, 0.15) is 43.5 Å². The van der Waals surface area contributed by atoms with Gasteiger partial charge in [0, 0.05) is 36.3 Å². The van der Waals surface area contributed by atoms with Crippen LogP contribution in [0.25, 0.3) is 38.8 Å². The number of benzene rings is 2. The number of rotatable bonds is 4. The molecule has 2 unspecified atom stereocenters. The van der Waals surface area contributed by atoms with Crippen LogP contribution in [-0.2, 0) is 4.79 Å². The number of aryl methyl sites for hydroxylation is 2. The van der Waals surface area contributed by atoms with E-state index >= 15 is 8.78 Å². The van der Waals surface area contributed by atoms with E-state index < -0.39 is 17.2 Å². The highest BCUT2D eigenvalue weighted by Crippen LogP contribution is 2.45. The number of hydrogen-bond donors (Lipinski definition) is 1. The Morgan fingerprint density at radius 2 is 1.89 bits per heavy atom. The lowest BCUT2D eigenvalue weighted by molar-refractivity contribution is -0.129. The summed E-state index contributed by atoms with van der Waals surface area (Å²) in [5.74, 6) is -2.00. The van der Waals surface area contributed by atoms with Crippen LogP contribution in [0, 0.1) is 25.5 Å². The lowest BCUT2D eigenvalue weighted by atomic mass is 9.94. The van der Waals surface area contributed by atoms with Gasteiger partial charge in [0.2, 0.25) is 11.7 Å². The average molecular weight is 625 g/mol. The Morgan fingerprint density at radius 1 is 1.11 bits per heavy atom. The summed E-state index contributed by atoms with van der Waals surface area (Å²) >= 11 is 0. The second kappa shape index (κ2) is 10.8. The maximum absolute atomic E-state index is 17.5. The molecule has 236 valence electrons. The summed E-state index contributed by atoms with van der Waals surface area (Å²) in [6.07, 6.45) is 4.42. The van der Waals surface area contributed by atoms with E-state index in [-0.39, 0.29) is 52.7 Å². The van der Waals surface area contributed by atoms with Crippen molar-refractivity contribution in [1.29, 1.82) is 0 Å². The lowest BCUT2D eigenvalue weighted by Gasteiger charge is -2.48. The number of halogens is 2. The molecule has 2 aliphatic heterocycles. The average Bonchev–Trinajstić information content (AvgIpc) is 3.51. The summed E-state index contributed by atoms with van der Waals surface area (Å²) in [6, 6.07) is 6.06.